The Balaban J connectivity index is 2.39. The van der Waals surface area contributed by atoms with Crippen LogP contribution >= 0.6 is 0 Å². The molecule has 1 aromatic carbocycles. The largest absolute Gasteiger partial charge is 0.395 e. The summed E-state index contributed by atoms with van der Waals surface area (Å²) >= 11 is 0. The van der Waals surface area contributed by atoms with Gasteiger partial charge in [-0.1, -0.05) is 70.2 Å². The zero-order valence-corrected chi connectivity index (χ0v) is 14.2. The quantitative estimate of drug-likeness (QED) is 0.549. The molecular weight excluding hydrogens is 274 g/mol. The maximum Gasteiger partial charge on any atom is 0.0779 e. The van der Waals surface area contributed by atoms with Crippen LogP contribution in [-0.4, -0.2) is 29.0 Å². The molecule has 0 spiro atoms. The second-order valence-electron chi connectivity index (χ2n) is 6.39. The fourth-order valence-electron chi connectivity index (χ4n) is 2.77. The SMILES string of the molecule is CCCCCCCCc1ccc(C(C)C(O)C(N)CO)cc1. The average molecular weight is 307 g/mol. The molecular formula is C19H33NO2. The molecule has 1 aromatic rings. The van der Waals surface area contributed by atoms with Crippen molar-refractivity contribution in [3.8, 4) is 0 Å². The van der Waals surface area contributed by atoms with E-state index in [1.807, 2.05) is 6.92 Å². The molecule has 0 radical (unpaired) electrons. The van der Waals surface area contributed by atoms with Gasteiger partial charge in [-0.15, -0.1) is 0 Å². The number of benzene rings is 1. The van der Waals surface area contributed by atoms with E-state index in [0.29, 0.717) is 0 Å². The summed E-state index contributed by atoms with van der Waals surface area (Å²) in [5, 5.41) is 19.1. The first-order chi connectivity index (χ1) is 10.6. The van der Waals surface area contributed by atoms with Gasteiger partial charge >= 0.3 is 0 Å². The van der Waals surface area contributed by atoms with E-state index in [1.54, 1.807) is 0 Å². The van der Waals surface area contributed by atoms with Crippen LogP contribution in [0.5, 0.6) is 0 Å². The Morgan fingerprint density at radius 2 is 1.59 bits per heavy atom. The van der Waals surface area contributed by atoms with Crippen molar-refractivity contribution in [3.63, 3.8) is 0 Å². The lowest BCUT2D eigenvalue weighted by Crippen LogP contribution is -2.40. The maximum atomic E-state index is 10.1. The molecule has 4 N–H and O–H groups in total. The highest BCUT2D eigenvalue weighted by Gasteiger charge is 2.22. The highest BCUT2D eigenvalue weighted by atomic mass is 16.3. The smallest absolute Gasteiger partial charge is 0.0779 e. The van der Waals surface area contributed by atoms with Crippen molar-refractivity contribution in [1.29, 1.82) is 0 Å². The summed E-state index contributed by atoms with van der Waals surface area (Å²) in [6.07, 6.45) is 8.31. The summed E-state index contributed by atoms with van der Waals surface area (Å²) in [5.41, 5.74) is 8.13. The predicted octanol–water partition coefficient (Wildman–Crippen LogP) is 3.37. The molecule has 3 unspecified atom stereocenters. The average Bonchev–Trinajstić information content (AvgIpc) is 2.56. The van der Waals surface area contributed by atoms with Crippen molar-refractivity contribution in [2.24, 2.45) is 5.73 Å². The van der Waals surface area contributed by atoms with E-state index in [9.17, 15) is 5.11 Å². The summed E-state index contributed by atoms with van der Waals surface area (Å²) in [7, 11) is 0. The Morgan fingerprint density at radius 3 is 2.18 bits per heavy atom. The molecule has 0 saturated carbocycles. The van der Waals surface area contributed by atoms with Gasteiger partial charge in [0.2, 0.25) is 0 Å². The number of hydrogen-bond acceptors (Lipinski definition) is 3. The summed E-state index contributed by atoms with van der Waals surface area (Å²) in [6.45, 7) is 4.00. The molecule has 3 atom stereocenters. The standard InChI is InChI=1S/C19H33NO2/c1-3-4-5-6-7-8-9-16-10-12-17(13-11-16)15(2)19(22)18(20)14-21/h10-13,15,18-19,21-22H,3-9,14,20H2,1-2H3. The van der Waals surface area contributed by atoms with Crippen LogP contribution in [0.15, 0.2) is 24.3 Å². The molecule has 0 fully saturated rings. The molecule has 0 amide bonds. The Bertz CT molecular complexity index is 391. The molecule has 0 aliphatic carbocycles. The zero-order valence-electron chi connectivity index (χ0n) is 14.2. The molecule has 126 valence electrons. The monoisotopic (exact) mass is 307 g/mol. The predicted molar refractivity (Wildman–Crippen MR) is 93.0 cm³/mol. The Hall–Kier alpha value is -0.900. The van der Waals surface area contributed by atoms with Crippen molar-refractivity contribution in [2.45, 2.75) is 76.9 Å². The maximum absolute atomic E-state index is 10.1. The van der Waals surface area contributed by atoms with Crippen LogP contribution in [0, 0.1) is 0 Å². The van der Waals surface area contributed by atoms with E-state index in [4.69, 9.17) is 10.8 Å². The molecule has 0 heterocycles. The topological polar surface area (TPSA) is 66.5 Å². The molecule has 0 aromatic heterocycles. The fourth-order valence-corrected chi connectivity index (χ4v) is 2.77. The van der Waals surface area contributed by atoms with Crippen molar-refractivity contribution in [1.82, 2.24) is 0 Å². The first kappa shape index (κ1) is 19.1. The highest BCUT2D eigenvalue weighted by molar-refractivity contribution is 5.26. The third kappa shape index (κ3) is 6.47. The molecule has 3 nitrogen and oxygen atoms in total. The molecule has 0 aliphatic rings. The fraction of sp³-hybridized carbons (Fsp3) is 0.684. The molecule has 0 saturated heterocycles. The van der Waals surface area contributed by atoms with Gasteiger partial charge in [-0.05, 0) is 24.0 Å². The summed E-state index contributed by atoms with van der Waals surface area (Å²) in [5.74, 6) is -0.0646. The van der Waals surface area contributed by atoms with Crippen LogP contribution in [0.4, 0.5) is 0 Å². The van der Waals surface area contributed by atoms with Crippen molar-refractivity contribution >= 4 is 0 Å². The van der Waals surface area contributed by atoms with Gasteiger partial charge in [-0.3, -0.25) is 0 Å². The number of unbranched alkanes of at least 4 members (excludes halogenated alkanes) is 5. The first-order valence-electron chi connectivity index (χ1n) is 8.73. The van der Waals surface area contributed by atoms with E-state index >= 15 is 0 Å². The zero-order chi connectivity index (χ0) is 16.4. The van der Waals surface area contributed by atoms with Crippen molar-refractivity contribution in [3.05, 3.63) is 35.4 Å². The molecule has 22 heavy (non-hydrogen) atoms. The van der Waals surface area contributed by atoms with E-state index in [-0.39, 0.29) is 12.5 Å². The van der Waals surface area contributed by atoms with Gasteiger partial charge in [0.15, 0.2) is 0 Å². The minimum Gasteiger partial charge on any atom is -0.395 e. The molecule has 0 aliphatic heterocycles. The lowest BCUT2D eigenvalue weighted by molar-refractivity contribution is 0.0900. The normalized spacial score (nSPS) is 15.5. The Labute approximate surface area is 135 Å². The van der Waals surface area contributed by atoms with Crippen LogP contribution in [0.2, 0.25) is 0 Å². The van der Waals surface area contributed by atoms with Crippen LogP contribution < -0.4 is 5.73 Å². The summed E-state index contributed by atoms with van der Waals surface area (Å²) < 4.78 is 0. The highest BCUT2D eigenvalue weighted by Crippen LogP contribution is 2.22. The number of aryl methyl sites for hydroxylation is 1. The first-order valence-corrected chi connectivity index (χ1v) is 8.73. The Morgan fingerprint density at radius 1 is 1.00 bits per heavy atom. The van der Waals surface area contributed by atoms with Gasteiger partial charge in [0.05, 0.1) is 18.8 Å². The number of aliphatic hydroxyl groups excluding tert-OH is 2. The molecule has 1 rings (SSSR count). The number of nitrogens with two attached hydrogens (primary N) is 1. The second-order valence-corrected chi connectivity index (χ2v) is 6.39. The van der Waals surface area contributed by atoms with Crippen LogP contribution in [0.25, 0.3) is 0 Å². The van der Waals surface area contributed by atoms with E-state index < -0.39 is 12.1 Å². The van der Waals surface area contributed by atoms with Gasteiger partial charge in [0.25, 0.3) is 0 Å². The lowest BCUT2D eigenvalue weighted by Gasteiger charge is -2.23. The van der Waals surface area contributed by atoms with E-state index in [1.165, 1.54) is 44.1 Å². The second kappa shape index (κ2) is 10.8. The van der Waals surface area contributed by atoms with Gasteiger partial charge in [-0.25, -0.2) is 0 Å². The van der Waals surface area contributed by atoms with Gasteiger partial charge in [0.1, 0.15) is 0 Å². The number of rotatable bonds is 11. The third-order valence-electron chi connectivity index (χ3n) is 4.49. The van der Waals surface area contributed by atoms with Crippen molar-refractivity contribution in [2.75, 3.05) is 6.61 Å². The van der Waals surface area contributed by atoms with E-state index in [0.717, 1.165) is 12.0 Å². The van der Waals surface area contributed by atoms with Gasteiger partial charge < -0.3 is 15.9 Å². The Kier molecular flexibility index (Phi) is 9.37. The third-order valence-corrected chi connectivity index (χ3v) is 4.49. The van der Waals surface area contributed by atoms with Crippen molar-refractivity contribution < 1.29 is 10.2 Å². The number of hydrogen-bond donors (Lipinski definition) is 3. The van der Waals surface area contributed by atoms with E-state index in [2.05, 4.69) is 31.2 Å². The van der Waals surface area contributed by atoms with Crippen LogP contribution in [-0.2, 0) is 6.42 Å². The van der Waals surface area contributed by atoms with Crippen LogP contribution in [0.1, 0.15) is 69.4 Å². The van der Waals surface area contributed by atoms with Crippen LogP contribution in [0.3, 0.4) is 0 Å². The van der Waals surface area contributed by atoms with Gasteiger partial charge in [0, 0.05) is 5.92 Å². The minimum atomic E-state index is -0.714. The van der Waals surface area contributed by atoms with Gasteiger partial charge in [-0.2, -0.15) is 0 Å². The minimum absolute atomic E-state index is 0.0646. The summed E-state index contributed by atoms with van der Waals surface area (Å²) in [6, 6.07) is 7.86. The molecule has 0 bridgehead atoms. The number of aliphatic hydroxyl groups is 2. The lowest BCUT2D eigenvalue weighted by atomic mass is 9.90. The molecule has 3 heteroatoms. The summed E-state index contributed by atoms with van der Waals surface area (Å²) in [4.78, 5) is 0.